The summed E-state index contributed by atoms with van der Waals surface area (Å²) < 4.78 is 12.4. The molecule has 3 rings (SSSR count). The fourth-order valence-electron chi connectivity index (χ4n) is 4.86. The average molecular weight is 281 g/mol. The number of hydrogen-bond acceptors (Lipinski definition) is 3. The Morgan fingerprint density at radius 3 is 2.35 bits per heavy atom. The van der Waals surface area contributed by atoms with Crippen molar-refractivity contribution in [3.05, 3.63) is 0 Å². The first-order valence-electron chi connectivity index (χ1n) is 8.68. The highest BCUT2D eigenvalue weighted by Gasteiger charge is 2.57. The molecule has 3 heteroatoms. The molecule has 0 aromatic heterocycles. The van der Waals surface area contributed by atoms with Gasteiger partial charge in [0.15, 0.2) is 0 Å². The second kappa shape index (κ2) is 5.94. The minimum absolute atomic E-state index is 0.355. The van der Waals surface area contributed by atoms with Crippen LogP contribution in [-0.4, -0.2) is 37.0 Å². The van der Waals surface area contributed by atoms with E-state index >= 15 is 0 Å². The molecule has 1 heterocycles. The minimum atomic E-state index is 0.355. The number of nitrogens with one attached hydrogen (secondary N) is 1. The van der Waals surface area contributed by atoms with Crippen molar-refractivity contribution in [3.8, 4) is 0 Å². The molecule has 4 unspecified atom stereocenters. The van der Waals surface area contributed by atoms with Gasteiger partial charge in [-0.1, -0.05) is 19.8 Å². The molecule has 4 atom stereocenters. The van der Waals surface area contributed by atoms with Gasteiger partial charge in [0.25, 0.3) is 0 Å². The van der Waals surface area contributed by atoms with E-state index < -0.39 is 0 Å². The molecule has 3 aliphatic rings. The van der Waals surface area contributed by atoms with Crippen LogP contribution in [0.5, 0.6) is 0 Å². The van der Waals surface area contributed by atoms with Gasteiger partial charge in [0.2, 0.25) is 0 Å². The fraction of sp³-hybridized carbons (Fsp3) is 1.00. The standard InChI is InChI=1S/C17H31NO2/c1-4-18-15-11-16(17(15)7-5-6-8-17)20-14-9-12(2)19-13(3)10-14/h12-16,18H,4-11H2,1-3H3. The van der Waals surface area contributed by atoms with Crippen molar-refractivity contribution in [1.29, 1.82) is 0 Å². The first-order chi connectivity index (χ1) is 9.64. The Bertz CT molecular complexity index is 317. The van der Waals surface area contributed by atoms with E-state index in [1.54, 1.807) is 0 Å². The van der Waals surface area contributed by atoms with Gasteiger partial charge in [0, 0.05) is 11.5 Å². The quantitative estimate of drug-likeness (QED) is 0.858. The molecule has 0 bridgehead atoms. The topological polar surface area (TPSA) is 30.5 Å². The molecule has 1 saturated heterocycles. The van der Waals surface area contributed by atoms with Gasteiger partial charge in [-0.25, -0.2) is 0 Å². The largest absolute Gasteiger partial charge is 0.375 e. The summed E-state index contributed by atoms with van der Waals surface area (Å²) in [5.74, 6) is 0. The molecule has 1 aliphatic heterocycles. The summed E-state index contributed by atoms with van der Waals surface area (Å²) in [5.41, 5.74) is 0.459. The molecule has 20 heavy (non-hydrogen) atoms. The number of hydrogen-bond donors (Lipinski definition) is 1. The average Bonchev–Trinajstić information content (AvgIpc) is 2.88. The molecule has 2 aliphatic carbocycles. The first kappa shape index (κ1) is 14.8. The van der Waals surface area contributed by atoms with Crippen LogP contribution in [0.25, 0.3) is 0 Å². The van der Waals surface area contributed by atoms with Crippen LogP contribution < -0.4 is 5.32 Å². The lowest BCUT2D eigenvalue weighted by molar-refractivity contribution is -0.192. The molecule has 2 saturated carbocycles. The summed E-state index contributed by atoms with van der Waals surface area (Å²) in [4.78, 5) is 0. The molecule has 0 radical (unpaired) electrons. The lowest BCUT2D eigenvalue weighted by atomic mass is 9.60. The lowest BCUT2D eigenvalue weighted by Gasteiger charge is -2.55. The van der Waals surface area contributed by atoms with Crippen LogP contribution in [0.2, 0.25) is 0 Å². The highest BCUT2D eigenvalue weighted by atomic mass is 16.5. The monoisotopic (exact) mass is 281 g/mol. The summed E-state index contributed by atoms with van der Waals surface area (Å²) in [7, 11) is 0. The summed E-state index contributed by atoms with van der Waals surface area (Å²) in [5, 5.41) is 3.69. The van der Waals surface area contributed by atoms with Crippen LogP contribution in [0.3, 0.4) is 0 Å². The first-order valence-corrected chi connectivity index (χ1v) is 8.68. The van der Waals surface area contributed by atoms with E-state index in [1.807, 2.05) is 0 Å². The third kappa shape index (κ3) is 2.65. The van der Waals surface area contributed by atoms with Gasteiger partial charge < -0.3 is 14.8 Å². The van der Waals surface area contributed by atoms with Crippen molar-refractivity contribution >= 4 is 0 Å². The molecule has 0 aromatic rings. The van der Waals surface area contributed by atoms with E-state index in [0.29, 0.717) is 35.9 Å². The fourth-order valence-corrected chi connectivity index (χ4v) is 4.86. The van der Waals surface area contributed by atoms with E-state index in [2.05, 4.69) is 26.1 Å². The summed E-state index contributed by atoms with van der Waals surface area (Å²) in [6.07, 6.45) is 10.5. The van der Waals surface area contributed by atoms with E-state index in [0.717, 1.165) is 19.4 Å². The van der Waals surface area contributed by atoms with Crippen LogP contribution in [0.1, 0.15) is 65.7 Å². The normalized spacial score (nSPS) is 43.6. The SMILES string of the molecule is CCNC1CC(OC2CC(C)OC(C)C2)C12CCCC2. The second-order valence-electron chi connectivity index (χ2n) is 7.26. The summed E-state index contributed by atoms with van der Waals surface area (Å²) in [6.45, 7) is 7.67. The maximum Gasteiger partial charge on any atom is 0.0665 e. The molecule has 1 N–H and O–H groups in total. The number of rotatable bonds is 4. The Labute approximate surface area is 123 Å². The maximum absolute atomic E-state index is 6.56. The Kier molecular flexibility index (Phi) is 4.40. The van der Waals surface area contributed by atoms with Crippen molar-refractivity contribution in [2.75, 3.05) is 6.54 Å². The van der Waals surface area contributed by atoms with Gasteiger partial charge in [-0.3, -0.25) is 0 Å². The lowest BCUT2D eigenvalue weighted by Crippen LogP contribution is -2.63. The van der Waals surface area contributed by atoms with Gasteiger partial charge in [-0.2, -0.15) is 0 Å². The minimum Gasteiger partial charge on any atom is -0.375 e. The van der Waals surface area contributed by atoms with Gasteiger partial charge >= 0.3 is 0 Å². The van der Waals surface area contributed by atoms with Crippen LogP contribution in [0.4, 0.5) is 0 Å². The molecule has 3 fully saturated rings. The highest BCUT2D eigenvalue weighted by Crippen LogP contribution is 2.55. The predicted octanol–water partition coefficient (Wildman–Crippen LogP) is 3.27. The second-order valence-corrected chi connectivity index (χ2v) is 7.26. The zero-order valence-electron chi connectivity index (χ0n) is 13.4. The Balaban J connectivity index is 1.60. The Morgan fingerprint density at radius 1 is 1.10 bits per heavy atom. The third-order valence-electron chi connectivity index (χ3n) is 5.78. The van der Waals surface area contributed by atoms with E-state index in [-0.39, 0.29) is 0 Å². The highest BCUT2D eigenvalue weighted by molar-refractivity contribution is 5.10. The molecule has 0 amide bonds. The third-order valence-corrected chi connectivity index (χ3v) is 5.78. The maximum atomic E-state index is 6.56. The Morgan fingerprint density at radius 2 is 1.75 bits per heavy atom. The summed E-state index contributed by atoms with van der Waals surface area (Å²) in [6, 6.07) is 0.703. The zero-order valence-corrected chi connectivity index (χ0v) is 13.4. The summed E-state index contributed by atoms with van der Waals surface area (Å²) >= 11 is 0. The zero-order chi connectivity index (χ0) is 14.2. The molecule has 0 aromatic carbocycles. The van der Waals surface area contributed by atoms with E-state index in [9.17, 15) is 0 Å². The van der Waals surface area contributed by atoms with Crippen molar-refractivity contribution in [1.82, 2.24) is 5.32 Å². The Hall–Kier alpha value is -0.120. The predicted molar refractivity (Wildman–Crippen MR) is 80.9 cm³/mol. The van der Waals surface area contributed by atoms with Gasteiger partial charge in [-0.15, -0.1) is 0 Å². The van der Waals surface area contributed by atoms with Crippen LogP contribution in [0.15, 0.2) is 0 Å². The van der Waals surface area contributed by atoms with Crippen molar-refractivity contribution < 1.29 is 9.47 Å². The smallest absolute Gasteiger partial charge is 0.0665 e. The van der Waals surface area contributed by atoms with Gasteiger partial charge in [-0.05, 0) is 52.5 Å². The van der Waals surface area contributed by atoms with Crippen LogP contribution in [-0.2, 0) is 9.47 Å². The van der Waals surface area contributed by atoms with Crippen LogP contribution in [0, 0.1) is 5.41 Å². The molecular weight excluding hydrogens is 250 g/mol. The van der Waals surface area contributed by atoms with E-state index in [1.165, 1.54) is 32.1 Å². The van der Waals surface area contributed by atoms with Crippen LogP contribution >= 0.6 is 0 Å². The van der Waals surface area contributed by atoms with Crippen molar-refractivity contribution in [2.24, 2.45) is 5.41 Å². The van der Waals surface area contributed by atoms with E-state index in [4.69, 9.17) is 9.47 Å². The van der Waals surface area contributed by atoms with Gasteiger partial charge in [0.1, 0.15) is 0 Å². The molecular formula is C17H31NO2. The molecule has 116 valence electrons. The van der Waals surface area contributed by atoms with Crippen molar-refractivity contribution in [3.63, 3.8) is 0 Å². The van der Waals surface area contributed by atoms with Crippen molar-refractivity contribution in [2.45, 2.75) is 96.2 Å². The molecule has 3 nitrogen and oxygen atoms in total. The number of ether oxygens (including phenoxy) is 2. The van der Waals surface area contributed by atoms with Gasteiger partial charge in [0.05, 0.1) is 24.4 Å². The molecule has 1 spiro atoms.